The third kappa shape index (κ3) is 7.72. The van der Waals surface area contributed by atoms with Crippen LogP contribution in [0.4, 0.5) is 4.79 Å². The van der Waals surface area contributed by atoms with E-state index in [4.69, 9.17) is 9.47 Å². The number of nitrogens with one attached hydrogen (secondary N) is 1. The van der Waals surface area contributed by atoms with E-state index < -0.39 is 23.7 Å². The van der Waals surface area contributed by atoms with Gasteiger partial charge in [-0.3, -0.25) is 0 Å². The van der Waals surface area contributed by atoms with E-state index in [1.54, 1.807) is 20.8 Å². The van der Waals surface area contributed by atoms with Gasteiger partial charge in [0.15, 0.2) is 0 Å². The molecule has 6 nitrogen and oxygen atoms in total. The third-order valence-corrected chi connectivity index (χ3v) is 6.08. The first-order chi connectivity index (χ1) is 14.9. The lowest BCUT2D eigenvalue weighted by atomic mass is 9.90. The average Bonchev–Trinajstić information content (AvgIpc) is 3.52. The van der Waals surface area contributed by atoms with Crippen molar-refractivity contribution in [3.05, 3.63) is 29.3 Å². The quantitative estimate of drug-likeness (QED) is 0.401. The smallest absolute Gasteiger partial charge is 0.408 e. The monoisotopic (exact) mass is 447 g/mol. The van der Waals surface area contributed by atoms with Crippen LogP contribution in [-0.4, -0.2) is 35.4 Å². The lowest BCUT2D eigenvalue weighted by molar-refractivity contribution is -0.140. The molecule has 180 valence electrons. The van der Waals surface area contributed by atoms with Crippen LogP contribution in [0.5, 0.6) is 5.75 Å². The van der Waals surface area contributed by atoms with E-state index in [2.05, 4.69) is 44.3 Å². The van der Waals surface area contributed by atoms with Crippen molar-refractivity contribution in [3.8, 4) is 5.75 Å². The SMILES string of the molecule is CC(C)c1cccc([C@H](C)C2CC2)c1OCCCC(C)[C@H](NC(=O)OC(C)(C)C)C(=O)O. The number of carbonyl (C=O) groups excluding carboxylic acids is 1. The zero-order chi connectivity index (χ0) is 24.1. The molecule has 0 bridgehead atoms. The number of carboxylic acid groups (broad SMARTS) is 1. The molecule has 1 aliphatic rings. The zero-order valence-electron chi connectivity index (χ0n) is 20.7. The first-order valence-corrected chi connectivity index (χ1v) is 11.9. The Kier molecular flexibility index (Phi) is 8.99. The first kappa shape index (κ1) is 26.0. The molecule has 0 aliphatic heterocycles. The highest BCUT2D eigenvalue weighted by Crippen LogP contribution is 2.46. The molecule has 1 aromatic carbocycles. The molecule has 1 saturated carbocycles. The molecule has 0 spiro atoms. The molecule has 1 amide bonds. The Morgan fingerprint density at radius 1 is 1.12 bits per heavy atom. The predicted octanol–water partition coefficient (Wildman–Crippen LogP) is 6.10. The van der Waals surface area contributed by atoms with E-state index in [0.29, 0.717) is 31.3 Å². The van der Waals surface area contributed by atoms with Gasteiger partial charge in [0.25, 0.3) is 0 Å². The number of para-hydroxylation sites is 1. The number of alkyl carbamates (subject to hydrolysis) is 1. The number of amides is 1. The highest BCUT2D eigenvalue weighted by molar-refractivity contribution is 5.80. The van der Waals surface area contributed by atoms with E-state index >= 15 is 0 Å². The van der Waals surface area contributed by atoms with Gasteiger partial charge in [-0.15, -0.1) is 0 Å². The molecule has 32 heavy (non-hydrogen) atoms. The summed E-state index contributed by atoms with van der Waals surface area (Å²) in [4.78, 5) is 23.7. The van der Waals surface area contributed by atoms with Crippen LogP contribution in [-0.2, 0) is 9.53 Å². The number of carbonyl (C=O) groups is 2. The first-order valence-electron chi connectivity index (χ1n) is 11.9. The largest absolute Gasteiger partial charge is 0.493 e. The summed E-state index contributed by atoms with van der Waals surface area (Å²) >= 11 is 0. The van der Waals surface area contributed by atoms with E-state index in [0.717, 1.165) is 11.7 Å². The minimum atomic E-state index is -1.06. The van der Waals surface area contributed by atoms with Crippen LogP contribution in [0.1, 0.15) is 97.1 Å². The highest BCUT2D eigenvalue weighted by Gasteiger charge is 2.32. The molecular formula is C26H41NO5. The van der Waals surface area contributed by atoms with Gasteiger partial charge in [-0.1, -0.05) is 45.9 Å². The van der Waals surface area contributed by atoms with Crippen LogP contribution in [0, 0.1) is 11.8 Å². The molecule has 1 fully saturated rings. The second-order valence-corrected chi connectivity index (χ2v) is 10.5. The molecule has 2 N–H and O–H groups in total. The van der Waals surface area contributed by atoms with Crippen molar-refractivity contribution in [2.45, 2.75) is 97.6 Å². The number of hydrogen-bond acceptors (Lipinski definition) is 4. The molecule has 0 aromatic heterocycles. The van der Waals surface area contributed by atoms with Crippen LogP contribution in [0.3, 0.4) is 0 Å². The summed E-state index contributed by atoms with van der Waals surface area (Å²) < 4.78 is 11.5. The number of hydrogen-bond donors (Lipinski definition) is 2. The van der Waals surface area contributed by atoms with Gasteiger partial charge < -0.3 is 19.9 Å². The lowest BCUT2D eigenvalue weighted by Gasteiger charge is -2.25. The molecule has 0 radical (unpaired) electrons. The molecular weight excluding hydrogens is 406 g/mol. The fourth-order valence-electron chi connectivity index (χ4n) is 4.03. The van der Waals surface area contributed by atoms with Crippen molar-refractivity contribution in [3.63, 3.8) is 0 Å². The van der Waals surface area contributed by atoms with Gasteiger partial charge in [-0.25, -0.2) is 9.59 Å². The van der Waals surface area contributed by atoms with Crippen molar-refractivity contribution in [2.24, 2.45) is 11.8 Å². The summed E-state index contributed by atoms with van der Waals surface area (Å²) in [5.41, 5.74) is 1.82. The minimum absolute atomic E-state index is 0.256. The summed E-state index contributed by atoms with van der Waals surface area (Å²) in [6.45, 7) is 14.2. The van der Waals surface area contributed by atoms with Gasteiger partial charge in [0, 0.05) is 0 Å². The fourth-order valence-corrected chi connectivity index (χ4v) is 4.03. The lowest BCUT2D eigenvalue weighted by Crippen LogP contribution is -2.47. The standard InChI is InChI=1S/C26H41NO5/c1-16(2)20-11-8-12-21(18(4)19-13-14-19)23(20)31-15-9-10-17(3)22(24(28)29)27-25(30)32-26(5,6)7/h8,11-12,16-19,22H,9-10,13-15H2,1-7H3,(H,27,30)(H,28,29)/t17?,18-,22+/m1/s1. The van der Waals surface area contributed by atoms with Crippen molar-refractivity contribution in [1.29, 1.82) is 0 Å². The molecule has 3 atom stereocenters. The Morgan fingerprint density at radius 3 is 2.28 bits per heavy atom. The van der Waals surface area contributed by atoms with Crippen molar-refractivity contribution in [2.75, 3.05) is 6.61 Å². The molecule has 1 aromatic rings. The van der Waals surface area contributed by atoms with Gasteiger partial charge >= 0.3 is 12.1 Å². The van der Waals surface area contributed by atoms with Crippen LogP contribution in [0.25, 0.3) is 0 Å². The molecule has 6 heteroatoms. The van der Waals surface area contributed by atoms with E-state index in [-0.39, 0.29) is 5.92 Å². The van der Waals surface area contributed by atoms with E-state index in [1.807, 2.05) is 6.92 Å². The van der Waals surface area contributed by atoms with E-state index in [1.165, 1.54) is 24.0 Å². The van der Waals surface area contributed by atoms with Gasteiger partial charge in [0.05, 0.1) is 6.61 Å². The normalized spacial score (nSPS) is 16.9. The maximum Gasteiger partial charge on any atom is 0.408 e. The number of benzene rings is 1. The molecule has 1 unspecified atom stereocenters. The van der Waals surface area contributed by atoms with Gasteiger partial charge in [0.2, 0.25) is 0 Å². The molecule has 0 saturated heterocycles. The van der Waals surface area contributed by atoms with Gasteiger partial charge in [-0.2, -0.15) is 0 Å². The summed E-state index contributed by atoms with van der Waals surface area (Å²) in [5, 5.41) is 12.1. The third-order valence-electron chi connectivity index (χ3n) is 6.08. The van der Waals surface area contributed by atoms with Crippen LogP contribution < -0.4 is 10.1 Å². The molecule has 1 aliphatic carbocycles. The topological polar surface area (TPSA) is 84.9 Å². The second kappa shape index (κ2) is 11.1. The number of carboxylic acids is 1. The average molecular weight is 448 g/mol. The number of ether oxygens (including phenoxy) is 2. The summed E-state index contributed by atoms with van der Waals surface area (Å²) in [6, 6.07) is 5.44. The Balaban J connectivity index is 1.96. The fraction of sp³-hybridized carbons (Fsp3) is 0.692. The Hall–Kier alpha value is -2.24. The van der Waals surface area contributed by atoms with E-state index in [9.17, 15) is 14.7 Å². The summed E-state index contributed by atoms with van der Waals surface area (Å²) in [5.74, 6) is 1.27. The Bertz CT molecular complexity index is 779. The van der Waals surface area contributed by atoms with Crippen LogP contribution in [0.15, 0.2) is 18.2 Å². The minimum Gasteiger partial charge on any atom is -0.493 e. The van der Waals surface area contributed by atoms with Gasteiger partial charge in [-0.05, 0) is 81.3 Å². The predicted molar refractivity (Wildman–Crippen MR) is 126 cm³/mol. The summed E-state index contributed by atoms with van der Waals surface area (Å²) in [7, 11) is 0. The number of aliphatic carboxylic acids is 1. The maximum absolute atomic E-state index is 12.0. The maximum atomic E-state index is 12.0. The highest BCUT2D eigenvalue weighted by atomic mass is 16.6. The zero-order valence-corrected chi connectivity index (χ0v) is 20.7. The molecule has 0 heterocycles. The van der Waals surface area contributed by atoms with Crippen LogP contribution in [0.2, 0.25) is 0 Å². The Labute approximate surface area is 193 Å². The summed E-state index contributed by atoms with van der Waals surface area (Å²) in [6.07, 6.45) is 3.17. The second-order valence-electron chi connectivity index (χ2n) is 10.5. The van der Waals surface area contributed by atoms with Gasteiger partial charge in [0.1, 0.15) is 17.4 Å². The van der Waals surface area contributed by atoms with Crippen molar-refractivity contribution >= 4 is 12.1 Å². The molecule has 2 rings (SSSR count). The van der Waals surface area contributed by atoms with Crippen molar-refractivity contribution < 1.29 is 24.2 Å². The number of rotatable bonds is 11. The van der Waals surface area contributed by atoms with Crippen LogP contribution >= 0.6 is 0 Å². The van der Waals surface area contributed by atoms with Crippen molar-refractivity contribution in [1.82, 2.24) is 5.32 Å². The Morgan fingerprint density at radius 2 is 1.75 bits per heavy atom.